The zero-order valence-corrected chi connectivity index (χ0v) is 13.7. The predicted octanol–water partition coefficient (Wildman–Crippen LogP) is 2.79. The van der Waals surface area contributed by atoms with Gasteiger partial charge in [0.2, 0.25) is 0 Å². The van der Waals surface area contributed by atoms with Gasteiger partial charge in [0.05, 0.1) is 16.7 Å². The summed E-state index contributed by atoms with van der Waals surface area (Å²) >= 11 is 8.15. The maximum absolute atomic E-state index is 12.2. The third kappa shape index (κ3) is 2.44. The lowest BCUT2D eigenvalue weighted by molar-refractivity contribution is 0.352. The lowest BCUT2D eigenvalue weighted by Gasteiger charge is -2.13. The van der Waals surface area contributed by atoms with E-state index in [1.165, 1.54) is 0 Å². The molecular weight excluding hydrogens is 391 g/mol. The first-order valence-corrected chi connectivity index (χ1v) is 7.68. The molecule has 0 unspecified atom stereocenters. The highest BCUT2D eigenvalue weighted by Crippen LogP contribution is 2.33. The summed E-state index contributed by atoms with van der Waals surface area (Å²) in [6.45, 7) is 2.92. The molecule has 0 amide bonds. The Morgan fingerprint density at radius 2 is 2.30 bits per heavy atom. The molecule has 0 fully saturated rings. The quantitative estimate of drug-likeness (QED) is 0.726. The molecule has 1 aromatic carbocycles. The molecule has 1 aliphatic heterocycles. The second-order valence-electron chi connectivity index (χ2n) is 4.70. The van der Waals surface area contributed by atoms with E-state index in [1.807, 2.05) is 41.6 Å². The molecule has 0 bridgehead atoms. The van der Waals surface area contributed by atoms with E-state index in [0.717, 1.165) is 23.3 Å². The largest absolute Gasteiger partial charge is 0.493 e. The summed E-state index contributed by atoms with van der Waals surface area (Å²) in [6.07, 6.45) is 2.45. The Bertz CT molecular complexity index is 743. The molecule has 3 rings (SSSR count). The van der Waals surface area contributed by atoms with Gasteiger partial charge in [-0.2, -0.15) is 0 Å². The third-order valence-electron chi connectivity index (χ3n) is 3.36. The second-order valence-corrected chi connectivity index (χ2v) is 6.29. The number of fused-ring (bicyclic) bond motifs is 1. The first kappa shape index (κ1) is 13.9. The Morgan fingerprint density at radius 3 is 3.10 bits per heavy atom. The lowest BCUT2D eigenvalue weighted by Crippen LogP contribution is -2.26. The number of aryl methyl sites for hydroxylation is 1. The van der Waals surface area contributed by atoms with Gasteiger partial charge in [0, 0.05) is 23.2 Å². The minimum absolute atomic E-state index is 0.0372. The van der Waals surface area contributed by atoms with Crippen LogP contribution in [0.2, 0.25) is 5.02 Å². The standard InChI is InChI=1S/C14H12ClIN2O2/c1-8-17-6-12(16)14(19)18(8)7-10-5-11(15)4-9-2-3-20-13(9)10/h4-6H,2-3,7H2,1H3. The SMILES string of the molecule is Cc1ncc(I)c(=O)n1Cc1cc(Cl)cc2c1OCC2. The molecule has 4 nitrogen and oxygen atoms in total. The van der Waals surface area contributed by atoms with Gasteiger partial charge in [0.1, 0.15) is 11.6 Å². The van der Waals surface area contributed by atoms with E-state index in [-0.39, 0.29) is 5.56 Å². The van der Waals surface area contributed by atoms with Crippen molar-refractivity contribution in [3.8, 4) is 5.75 Å². The van der Waals surface area contributed by atoms with Crippen LogP contribution in [0, 0.1) is 10.5 Å². The number of ether oxygens (including phenoxy) is 1. The van der Waals surface area contributed by atoms with Crippen LogP contribution in [0.25, 0.3) is 0 Å². The number of aromatic nitrogens is 2. The van der Waals surface area contributed by atoms with Crippen LogP contribution in [0.5, 0.6) is 5.75 Å². The fourth-order valence-corrected chi connectivity index (χ4v) is 3.06. The minimum atomic E-state index is -0.0372. The summed E-state index contributed by atoms with van der Waals surface area (Å²) < 4.78 is 7.92. The van der Waals surface area contributed by atoms with Crippen molar-refractivity contribution in [2.75, 3.05) is 6.61 Å². The molecule has 2 aromatic rings. The zero-order valence-electron chi connectivity index (χ0n) is 10.8. The number of halogens is 2. The molecular formula is C14H12ClIN2O2. The van der Waals surface area contributed by atoms with Crippen LogP contribution in [0.1, 0.15) is 17.0 Å². The summed E-state index contributed by atoms with van der Waals surface area (Å²) in [6, 6.07) is 3.79. The first-order chi connectivity index (χ1) is 9.56. The Morgan fingerprint density at radius 1 is 1.50 bits per heavy atom. The van der Waals surface area contributed by atoms with E-state index >= 15 is 0 Å². The molecule has 104 valence electrons. The smallest absolute Gasteiger partial charge is 0.267 e. The second kappa shape index (κ2) is 5.37. The van der Waals surface area contributed by atoms with Gasteiger partial charge in [-0.1, -0.05) is 11.6 Å². The number of rotatable bonds is 2. The maximum atomic E-state index is 12.2. The van der Waals surface area contributed by atoms with Gasteiger partial charge < -0.3 is 4.74 Å². The average molecular weight is 403 g/mol. The van der Waals surface area contributed by atoms with Crippen molar-refractivity contribution in [1.82, 2.24) is 9.55 Å². The van der Waals surface area contributed by atoms with Gasteiger partial charge in [-0.3, -0.25) is 9.36 Å². The minimum Gasteiger partial charge on any atom is -0.493 e. The molecule has 0 saturated carbocycles. The van der Waals surface area contributed by atoms with Crippen molar-refractivity contribution in [3.63, 3.8) is 0 Å². The van der Waals surface area contributed by atoms with Crippen LogP contribution in [0.15, 0.2) is 23.1 Å². The van der Waals surface area contributed by atoms with Gasteiger partial charge in [-0.05, 0) is 47.2 Å². The molecule has 0 aliphatic carbocycles. The molecule has 2 heterocycles. The van der Waals surface area contributed by atoms with Crippen LogP contribution >= 0.6 is 34.2 Å². The Labute approximate surface area is 134 Å². The zero-order chi connectivity index (χ0) is 14.3. The van der Waals surface area contributed by atoms with Crippen molar-refractivity contribution >= 4 is 34.2 Å². The van der Waals surface area contributed by atoms with Crippen molar-refractivity contribution in [3.05, 3.63) is 54.2 Å². The molecule has 1 aromatic heterocycles. The average Bonchev–Trinajstić information content (AvgIpc) is 2.87. The van der Waals surface area contributed by atoms with E-state index < -0.39 is 0 Å². The summed E-state index contributed by atoms with van der Waals surface area (Å²) in [4.78, 5) is 16.5. The Balaban J connectivity index is 2.09. The van der Waals surface area contributed by atoms with Gasteiger partial charge in [0.15, 0.2) is 0 Å². The topological polar surface area (TPSA) is 44.1 Å². The summed E-state index contributed by atoms with van der Waals surface area (Å²) in [5.41, 5.74) is 2.00. The molecule has 0 spiro atoms. The summed E-state index contributed by atoms with van der Waals surface area (Å²) in [5.74, 6) is 1.54. The highest BCUT2D eigenvalue weighted by atomic mass is 127. The van der Waals surface area contributed by atoms with Gasteiger partial charge in [-0.25, -0.2) is 4.98 Å². The van der Waals surface area contributed by atoms with Crippen LogP contribution in [0.4, 0.5) is 0 Å². The van der Waals surface area contributed by atoms with Crippen LogP contribution in [0.3, 0.4) is 0 Å². The molecule has 0 N–H and O–H groups in total. The molecule has 0 saturated heterocycles. The highest BCUT2D eigenvalue weighted by molar-refractivity contribution is 14.1. The fourth-order valence-electron chi connectivity index (χ4n) is 2.37. The number of nitrogens with zero attached hydrogens (tertiary/aromatic N) is 2. The van der Waals surface area contributed by atoms with E-state index in [0.29, 0.717) is 27.6 Å². The molecule has 1 aliphatic rings. The maximum Gasteiger partial charge on any atom is 0.267 e. The van der Waals surface area contributed by atoms with Crippen molar-refractivity contribution in [2.45, 2.75) is 19.9 Å². The normalized spacial score (nSPS) is 13.2. The van der Waals surface area contributed by atoms with Crippen molar-refractivity contribution < 1.29 is 4.74 Å². The van der Waals surface area contributed by atoms with Crippen LogP contribution < -0.4 is 10.3 Å². The van der Waals surface area contributed by atoms with Crippen LogP contribution in [-0.2, 0) is 13.0 Å². The Kier molecular flexibility index (Phi) is 3.72. The van der Waals surface area contributed by atoms with E-state index in [4.69, 9.17) is 16.3 Å². The summed E-state index contributed by atoms with van der Waals surface area (Å²) in [7, 11) is 0. The molecule has 6 heteroatoms. The van der Waals surface area contributed by atoms with Gasteiger partial charge >= 0.3 is 0 Å². The van der Waals surface area contributed by atoms with Crippen molar-refractivity contribution in [2.24, 2.45) is 0 Å². The fraction of sp³-hybridized carbons (Fsp3) is 0.286. The van der Waals surface area contributed by atoms with Gasteiger partial charge in [-0.15, -0.1) is 0 Å². The third-order valence-corrected chi connectivity index (χ3v) is 4.32. The first-order valence-electron chi connectivity index (χ1n) is 6.22. The molecule has 20 heavy (non-hydrogen) atoms. The molecule has 0 radical (unpaired) electrons. The van der Waals surface area contributed by atoms with Crippen molar-refractivity contribution in [1.29, 1.82) is 0 Å². The number of hydrogen-bond acceptors (Lipinski definition) is 3. The highest BCUT2D eigenvalue weighted by Gasteiger charge is 2.19. The van der Waals surface area contributed by atoms with E-state index in [1.54, 1.807) is 10.8 Å². The monoisotopic (exact) mass is 402 g/mol. The predicted molar refractivity (Wildman–Crippen MR) is 85.7 cm³/mol. The summed E-state index contributed by atoms with van der Waals surface area (Å²) in [5, 5.41) is 0.675. The Hall–Kier alpha value is -1.08. The van der Waals surface area contributed by atoms with Crippen LogP contribution in [-0.4, -0.2) is 16.2 Å². The van der Waals surface area contributed by atoms with E-state index in [2.05, 4.69) is 4.98 Å². The van der Waals surface area contributed by atoms with Gasteiger partial charge in [0.25, 0.3) is 5.56 Å². The number of hydrogen-bond donors (Lipinski definition) is 0. The molecule has 0 atom stereocenters. The number of benzene rings is 1. The lowest BCUT2D eigenvalue weighted by atomic mass is 10.1. The van der Waals surface area contributed by atoms with E-state index in [9.17, 15) is 4.79 Å².